The molecule has 0 unspecified atom stereocenters. The SMILES string of the molecule is Cc1cc(C)n2nc(SCC(=O)N[C@@H](C)c3ccco3)nc2n1. The lowest BCUT2D eigenvalue weighted by Crippen LogP contribution is -2.27. The fraction of sp³-hybridized carbons (Fsp3) is 0.333. The molecule has 0 radical (unpaired) electrons. The normalized spacial score (nSPS) is 12.5. The van der Waals surface area contributed by atoms with Crippen molar-refractivity contribution in [2.45, 2.75) is 32.0 Å². The molecule has 3 heterocycles. The van der Waals surface area contributed by atoms with Crippen LogP contribution in [0.3, 0.4) is 0 Å². The first-order chi connectivity index (χ1) is 11.0. The van der Waals surface area contributed by atoms with Crippen molar-refractivity contribution in [2.75, 3.05) is 5.75 Å². The minimum atomic E-state index is -0.168. The van der Waals surface area contributed by atoms with Crippen LogP contribution in [0.5, 0.6) is 0 Å². The molecule has 0 aromatic carbocycles. The first-order valence-electron chi connectivity index (χ1n) is 7.19. The monoisotopic (exact) mass is 331 g/mol. The van der Waals surface area contributed by atoms with E-state index in [4.69, 9.17) is 4.42 Å². The fourth-order valence-corrected chi connectivity index (χ4v) is 2.86. The highest BCUT2D eigenvalue weighted by molar-refractivity contribution is 7.99. The number of carbonyl (C=O) groups is 1. The van der Waals surface area contributed by atoms with E-state index in [-0.39, 0.29) is 17.7 Å². The Labute approximate surface area is 137 Å². The Morgan fingerprint density at radius 2 is 2.26 bits per heavy atom. The highest BCUT2D eigenvalue weighted by Crippen LogP contribution is 2.16. The quantitative estimate of drug-likeness (QED) is 0.722. The van der Waals surface area contributed by atoms with E-state index in [1.165, 1.54) is 11.8 Å². The van der Waals surface area contributed by atoms with Crippen LogP contribution in [0.25, 0.3) is 5.78 Å². The molecule has 0 aliphatic heterocycles. The number of thioether (sulfide) groups is 1. The molecule has 120 valence electrons. The summed E-state index contributed by atoms with van der Waals surface area (Å²) >= 11 is 1.28. The minimum Gasteiger partial charge on any atom is -0.467 e. The van der Waals surface area contributed by atoms with E-state index in [1.54, 1.807) is 16.8 Å². The molecule has 23 heavy (non-hydrogen) atoms. The van der Waals surface area contributed by atoms with Crippen LogP contribution in [-0.2, 0) is 4.79 Å². The molecule has 0 bridgehead atoms. The van der Waals surface area contributed by atoms with Crippen LogP contribution in [0.15, 0.2) is 34.0 Å². The summed E-state index contributed by atoms with van der Waals surface area (Å²) in [5.74, 6) is 1.41. The third-order valence-corrected chi connectivity index (χ3v) is 4.12. The summed E-state index contributed by atoms with van der Waals surface area (Å²) in [6, 6.07) is 5.40. The van der Waals surface area contributed by atoms with Crippen LogP contribution < -0.4 is 5.32 Å². The van der Waals surface area contributed by atoms with E-state index < -0.39 is 0 Å². The predicted molar refractivity (Wildman–Crippen MR) is 86.2 cm³/mol. The fourth-order valence-electron chi connectivity index (χ4n) is 2.23. The van der Waals surface area contributed by atoms with E-state index in [0.717, 1.165) is 17.1 Å². The molecule has 3 aromatic rings. The summed E-state index contributed by atoms with van der Waals surface area (Å²) in [7, 11) is 0. The number of nitrogens with zero attached hydrogens (tertiary/aromatic N) is 4. The number of rotatable bonds is 5. The molecular formula is C15H17N5O2S. The number of nitrogens with one attached hydrogen (secondary N) is 1. The summed E-state index contributed by atoms with van der Waals surface area (Å²) in [4.78, 5) is 20.7. The van der Waals surface area contributed by atoms with Gasteiger partial charge in [-0.25, -0.2) is 9.50 Å². The second kappa shape index (κ2) is 6.41. The van der Waals surface area contributed by atoms with Gasteiger partial charge in [0, 0.05) is 11.4 Å². The average molecular weight is 331 g/mol. The highest BCUT2D eigenvalue weighted by Gasteiger charge is 2.14. The summed E-state index contributed by atoms with van der Waals surface area (Å²) in [6.07, 6.45) is 1.59. The van der Waals surface area contributed by atoms with Gasteiger partial charge in [0.1, 0.15) is 5.76 Å². The number of hydrogen-bond acceptors (Lipinski definition) is 6. The Balaban J connectivity index is 1.62. The van der Waals surface area contributed by atoms with E-state index >= 15 is 0 Å². The summed E-state index contributed by atoms with van der Waals surface area (Å²) in [5, 5.41) is 7.77. The lowest BCUT2D eigenvalue weighted by Gasteiger charge is -2.10. The predicted octanol–water partition coefficient (Wildman–Crippen LogP) is 2.30. The lowest BCUT2D eigenvalue weighted by molar-refractivity contribution is -0.119. The molecule has 1 amide bonds. The van der Waals surface area contributed by atoms with Gasteiger partial charge in [0.15, 0.2) is 0 Å². The van der Waals surface area contributed by atoms with Crippen molar-refractivity contribution in [3.8, 4) is 0 Å². The maximum atomic E-state index is 12.0. The van der Waals surface area contributed by atoms with Gasteiger partial charge in [-0.05, 0) is 39.0 Å². The van der Waals surface area contributed by atoms with Gasteiger partial charge in [-0.2, -0.15) is 4.98 Å². The van der Waals surface area contributed by atoms with Gasteiger partial charge >= 0.3 is 0 Å². The molecule has 0 fully saturated rings. The summed E-state index contributed by atoms with van der Waals surface area (Å²) in [5.41, 5.74) is 1.85. The molecule has 3 rings (SSSR count). The number of furan rings is 1. The summed E-state index contributed by atoms with van der Waals surface area (Å²) < 4.78 is 6.94. The number of fused-ring (bicyclic) bond motifs is 1. The van der Waals surface area contributed by atoms with Crippen molar-refractivity contribution in [1.29, 1.82) is 0 Å². The topological polar surface area (TPSA) is 85.3 Å². The zero-order valence-corrected chi connectivity index (χ0v) is 13.9. The Kier molecular flexibility index (Phi) is 4.33. The number of hydrogen-bond donors (Lipinski definition) is 1. The standard InChI is InChI=1S/C15H17N5O2S/c1-9-7-10(2)20-14(16-9)18-15(19-20)23-8-13(21)17-11(3)12-5-4-6-22-12/h4-7,11H,8H2,1-3H3,(H,17,21)/t11-/m0/s1. The van der Waals surface area contributed by atoms with Crippen molar-refractivity contribution in [3.63, 3.8) is 0 Å². The van der Waals surface area contributed by atoms with Crippen molar-refractivity contribution < 1.29 is 9.21 Å². The highest BCUT2D eigenvalue weighted by atomic mass is 32.2. The molecule has 1 atom stereocenters. The van der Waals surface area contributed by atoms with Gasteiger partial charge in [-0.1, -0.05) is 11.8 Å². The van der Waals surface area contributed by atoms with E-state index in [2.05, 4.69) is 20.4 Å². The molecule has 7 nitrogen and oxygen atoms in total. The second-order valence-electron chi connectivity index (χ2n) is 5.24. The van der Waals surface area contributed by atoms with Crippen molar-refractivity contribution in [3.05, 3.63) is 41.6 Å². The maximum absolute atomic E-state index is 12.0. The second-order valence-corrected chi connectivity index (χ2v) is 6.18. The van der Waals surface area contributed by atoms with Gasteiger partial charge in [0.25, 0.3) is 5.78 Å². The van der Waals surface area contributed by atoms with E-state index in [0.29, 0.717) is 10.9 Å². The molecule has 8 heteroatoms. The Morgan fingerprint density at radius 3 is 3.00 bits per heavy atom. The number of aryl methyl sites for hydroxylation is 2. The number of carbonyl (C=O) groups excluding carboxylic acids is 1. The molecule has 0 aliphatic rings. The molecule has 0 saturated carbocycles. The zero-order valence-electron chi connectivity index (χ0n) is 13.1. The van der Waals surface area contributed by atoms with Crippen molar-refractivity contribution in [1.82, 2.24) is 24.9 Å². The largest absolute Gasteiger partial charge is 0.467 e. The van der Waals surface area contributed by atoms with Crippen molar-refractivity contribution in [2.24, 2.45) is 0 Å². The van der Waals surface area contributed by atoms with Gasteiger partial charge in [-0.15, -0.1) is 5.10 Å². The zero-order chi connectivity index (χ0) is 16.4. The number of aromatic nitrogens is 4. The molecule has 0 saturated heterocycles. The third-order valence-electron chi connectivity index (χ3n) is 3.28. The van der Waals surface area contributed by atoms with Crippen LogP contribution in [0.4, 0.5) is 0 Å². The first-order valence-corrected chi connectivity index (χ1v) is 8.18. The average Bonchev–Trinajstić information content (AvgIpc) is 3.14. The lowest BCUT2D eigenvalue weighted by atomic mass is 10.2. The first kappa shape index (κ1) is 15.5. The Bertz CT molecular complexity index is 828. The molecule has 0 spiro atoms. The molecular weight excluding hydrogens is 314 g/mol. The van der Waals surface area contributed by atoms with Crippen LogP contribution in [0.1, 0.15) is 30.1 Å². The van der Waals surface area contributed by atoms with Crippen LogP contribution >= 0.6 is 11.8 Å². The van der Waals surface area contributed by atoms with Gasteiger partial charge in [-0.3, -0.25) is 4.79 Å². The maximum Gasteiger partial charge on any atom is 0.253 e. The van der Waals surface area contributed by atoms with Crippen LogP contribution in [-0.4, -0.2) is 31.2 Å². The molecule has 3 aromatic heterocycles. The van der Waals surface area contributed by atoms with Gasteiger partial charge < -0.3 is 9.73 Å². The van der Waals surface area contributed by atoms with Gasteiger partial charge in [0.2, 0.25) is 11.1 Å². The van der Waals surface area contributed by atoms with Crippen LogP contribution in [0, 0.1) is 13.8 Å². The molecule has 1 N–H and O–H groups in total. The number of amides is 1. The van der Waals surface area contributed by atoms with Crippen molar-refractivity contribution >= 4 is 23.4 Å². The van der Waals surface area contributed by atoms with E-state index in [1.807, 2.05) is 32.9 Å². The minimum absolute atomic E-state index is 0.0985. The summed E-state index contributed by atoms with van der Waals surface area (Å²) in [6.45, 7) is 5.74. The Hall–Kier alpha value is -2.35. The smallest absolute Gasteiger partial charge is 0.253 e. The van der Waals surface area contributed by atoms with E-state index in [9.17, 15) is 4.79 Å². The Morgan fingerprint density at radius 1 is 1.43 bits per heavy atom. The van der Waals surface area contributed by atoms with Crippen LogP contribution in [0.2, 0.25) is 0 Å². The third kappa shape index (κ3) is 3.53. The molecule has 0 aliphatic carbocycles. The van der Waals surface area contributed by atoms with Gasteiger partial charge in [0.05, 0.1) is 18.1 Å².